The molecule has 0 aromatic heterocycles. The van der Waals surface area contributed by atoms with Gasteiger partial charge in [-0.15, -0.1) is 0 Å². The number of nitrogens with zero attached hydrogens (tertiary/aromatic N) is 1. The molecule has 2 unspecified atom stereocenters. The standard InChI is InChI=1S/C31H34N4O5/c1-7-35(29(38)25(18-26(32)36)34-30(39)40-31(4,5)6)27(23-15-19(2)14-20(3)16-23)28(37)33-24-13-12-21-10-8-9-11-22(21)17-24/h1,8-17,25,27H,18H2,2-6H3,(H2,32,36)(H,33,37)(H,34,39). The molecular weight excluding hydrogens is 508 g/mol. The molecule has 9 nitrogen and oxygen atoms in total. The van der Waals surface area contributed by atoms with Gasteiger partial charge in [-0.2, -0.15) is 0 Å². The number of rotatable bonds is 8. The zero-order chi connectivity index (χ0) is 29.6. The van der Waals surface area contributed by atoms with Crippen molar-refractivity contribution in [3.05, 3.63) is 77.4 Å². The number of nitrogens with one attached hydrogen (secondary N) is 2. The summed E-state index contributed by atoms with van der Waals surface area (Å²) >= 11 is 0. The largest absolute Gasteiger partial charge is 0.444 e. The number of hydrogen-bond acceptors (Lipinski definition) is 5. The van der Waals surface area contributed by atoms with E-state index in [1.54, 1.807) is 39.0 Å². The van der Waals surface area contributed by atoms with E-state index in [2.05, 4.69) is 16.7 Å². The first-order valence-electron chi connectivity index (χ1n) is 12.7. The van der Waals surface area contributed by atoms with Gasteiger partial charge >= 0.3 is 6.09 Å². The molecule has 4 amide bonds. The monoisotopic (exact) mass is 542 g/mol. The number of alkyl carbamates (subject to hydrolysis) is 1. The molecule has 0 aliphatic heterocycles. The first kappa shape index (κ1) is 29.7. The third kappa shape index (κ3) is 7.84. The number of aryl methyl sites for hydroxylation is 2. The van der Waals surface area contributed by atoms with E-state index >= 15 is 0 Å². The number of fused-ring (bicyclic) bond motifs is 1. The van der Waals surface area contributed by atoms with Crippen molar-refractivity contribution in [3.8, 4) is 12.5 Å². The minimum Gasteiger partial charge on any atom is -0.444 e. The summed E-state index contributed by atoms with van der Waals surface area (Å²) < 4.78 is 5.25. The van der Waals surface area contributed by atoms with Gasteiger partial charge in [-0.25, -0.2) is 4.79 Å². The SMILES string of the molecule is C#CN(C(=O)C(CC(N)=O)NC(=O)OC(C)(C)C)C(C(=O)Nc1ccc2ccccc2c1)c1cc(C)cc(C)c1. The summed E-state index contributed by atoms with van der Waals surface area (Å²) in [6.45, 7) is 8.67. The molecule has 0 saturated carbocycles. The molecule has 208 valence electrons. The van der Waals surface area contributed by atoms with Crippen LogP contribution in [0, 0.1) is 26.3 Å². The molecule has 40 heavy (non-hydrogen) atoms. The zero-order valence-electron chi connectivity index (χ0n) is 23.3. The summed E-state index contributed by atoms with van der Waals surface area (Å²) in [5.41, 5.74) is 7.17. The van der Waals surface area contributed by atoms with Crippen LogP contribution in [0.4, 0.5) is 10.5 Å². The number of carbonyl (C=O) groups excluding carboxylic acids is 4. The van der Waals surface area contributed by atoms with Crippen LogP contribution < -0.4 is 16.4 Å². The Morgan fingerprint density at radius 2 is 1.60 bits per heavy atom. The topological polar surface area (TPSA) is 131 Å². The number of nitrogens with two attached hydrogens (primary N) is 1. The van der Waals surface area contributed by atoms with Crippen LogP contribution in [-0.4, -0.2) is 40.4 Å². The fourth-order valence-corrected chi connectivity index (χ4v) is 4.35. The minimum absolute atomic E-state index is 0.456. The summed E-state index contributed by atoms with van der Waals surface area (Å²) in [6.07, 6.45) is 4.32. The molecule has 3 rings (SSSR count). The van der Waals surface area contributed by atoms with Gasteiger partial charge in [-0.1, -0.05) is 66.1 Å². The lowest BCUT2D eigenvalue weighted by Crippen LogP contribution is -2.52. The average Bonchev–Trinajstić information content (AvgIpc) is 2.84. The number of benzene rings is 3. The lowest BCUT2D eigenvalue weighted by Gasteiger charge is -2.30. The molecule has 0 saturated heterocycles. The van der Waals surface area contributed by atoms with Gasteiger partial charge in [0, 0.05) is 11.7 Å². The molecule has 0 fully saturated rings. The number of terminal acetylenes is 1. The van der Waals surface area contributed by atoms with Crippen molar-refractivity contribution in [3.63, 3.8) is 0 Å². The Morgan fingerprint density at radius 1 is 0.975 bits per heavy atom. The van der Waals surface area contributed by atoms with Gasteiger partial charge < -0.3 is 21.1 Å². The van der Waals surface area contributed by atoms with Crippen LogP contribution >= 0.6 is 0 Å². The van der Waals surface area contributed by atoms with Crippen LogP contribution in [0.2, 0.25) is 0 Å². The molecule has 0 radical (unpaired) electrons. The van der Waals surface area contributed by atoms with Crippen LogP contribution in [0.5, 0.6) is 0 Å². The van der Waals surface area contributed by atoms with E-state index in [9.17, 15) is 19.2 Å². The van der Waals surface area contributed by atoms with E-state index in [1.807, 2.05) is 56.3 Å². The lowest BCUT2D eigenvalue weighted by molar-refractivity contribution is -0.138. The lowest BCUT2D eigenvalue weighted by atomic mass is 9.98. The molecule has 0 aliphatic carbocycles. The Morgan fingerprint density at radius 3 is 2.17 bits per heavy atom. The van der Waals surface area contributed by atoms with E-state index < -0.39 is 47.9 Å². The predicted octanol–water partition coefficient (Wildman–Crippen LogP) is 4.32. The second kappa shape index (κ2) is 12.3. The molecular formula is C31H34N4O5. The molecule has 9 heteroatoms. The van der Waals surface area contributed by atoms with Crippen LogP contribution in [0.25, 0.3) is 10.8 Å². The smallest absolute Gasteiger partial charge is 0.408 e. The number of carbonyl (C=O) groups is 4. The second-order valence-corrected chi connectivity index (χ2v) is 10.6. The van der Waals surface area contributed by atoms with Gasteiger partial charge in [-0.05, 0) is 63.1 Å². The van der Waals surface area contributed by atoms with Gasteiger partial charge in [0.15, 0.2) is 0 Å². The fourth-order valence-electron chi connectivity index (χ4n) is 4.35. The van der Waals surface area contributed by atoms with Crippen LogP contribution in [0.3, 0.4) is 0 Å². The van der Waals surface area contributed by atoms with Gasteiger partial charge in [0.1, 0.15) is 17.7 Å². The first-order valence-corrected chi connectivity index (χ1v) is 12.7. The molecule has 3 aromatic carbocycles. The highest BCUT2D eigenvalue weighted by Crippen LogP contribution is 2.27. The van der Waals surface area contributed by atoms with Gasteiger partial charge in [0.05, 0.1) is 6.42 Å². The van der Waals surface area contributed by atoms with E-state index in [4.69, 9.17) is 16.9 Å². The summed E-state index contributed by atoms with van der Waals surface area (Å²) in [6, 6.07) is 18.1. The zero-order valence-corrected chi connectivity index (χ0v) is 23.3. The van der Waals surface area contributed by atoms with Crippen molar-refractivity contribution in [2.45, 2.75) is 58.7 Å². The van der Waals surface area contributed by atoms with Gasteiger partial charge in [0.2, 0.25) is 5.91 Å². The molecule has 0 bridgehead atoms. The van der Waals surface area contributed by atoms with Crippen molar-refractivity contribution in [2.75, 3.05) is 5.32 Å². The van der Waals surface area contributed by atoms with E-state index in [0.717, 1.165) is 26.8 Å². The predicted molar refractivity (Wildman–Crippen MR) is 154 cm³/mol. The molecule has 4 N–H and O–H groups in total. The molecule has 0 aliphatic rings. The maximum absolute atomic E-state index is 13.8. The van der Waals surface area contributed by atoms with Crippen molar-refractivity contribution < 1.29 is 23.9 Å². The Labute approximate surface area is 234 Å². The summed E-state index contributed by atoms with van der Waals surface area (Å²) in [4.78, 5) is 52.8. The summed E-state index contributed by atoms with van der Waals surface area (Å²) in [5, 5.41) is 7.15. The molecule has 2 atom stereocenters. The molecule has 3 aromatic rings. The Balaban J connectivity index is 2.02. The van der Waals surface area contributed by atoms with E-state index in [1.165, 1.54) is 0 Å². The third-order valence-electron chi connectivity index (χ3n) is 5.85. The van der Waals surface area contributed by atoms with Crippen molar-refractivity contribution >= 4 is 40.3 Å². The number of anilines is 1. The van der Waals surface area contributed by atoms with Gasteiger partial charge in [0.25, 0.3) is 11.8 Å². The highest BCUT2D eigenvalue weighted by Gasteiger charge is 2.37. The van der Waals surface area contributed by atoms with Crippen LogP contribution in [-0.2, 0) is 19.1 Å². The number of primary amides is 1. The highest BCUT2D eigenvalue weighted by atomic mass is 16.6. The maximum Gasteiger partial charge on any atom is 0.408 e. The van der Waals surface area contributed by atoms with Crippen LogP contribution in [0.15, 0.2) is 60.7 Å². The number of amides is 4. The highest BCUT2D eigenvalue weighted by molar-refractivity contribution is 6.01. The second-order valence-electron chi connectivity index (χ2n) is 10.6. The van der Waals surface area contributed by atoms with Crippen molar-refractivity contribution in [2.24, 2.45) is 5.73 Å². The summed E-state index contributed by atoms with van der Waals surface area (Å²) in [5.74, 6) is -2.30. The minimum atomic E-state index is -1.47. The van der Waals surface area contributed by atoms with E-state index in [-0.39, 0.29) is 0 Å². The normalized spacial score (nSPS) is 12.5. The van der Waals surface area contributed by atoms with Crippen molar-refractivity contribution in [1.82, 2.24) is 10.2 Å². The third-order valence-corrected chi connectivity index (χ3v) is 5.85. The number of hydrogen-bond donors (Lipinski definition) is 3. The summed E-state index contributed by atoms with van der Waals surface area (Å²) in [7, 11) is 0. The Kier molecular flexibility index (Phi) is 9.17. The quantitative estimate of drug-likeness (QED) is 0.288. The van der Waals surface area contributed by atoms with E-state index in [0.29, 0.717) is 11.3 Å². The average molecular weight is 543 g/mol. The Bertz CT molecular complexity index is 1460. The first-order chi connectivity index (χ1) is 18.8. The Hall–Kier alpha value is -4.84. The molecule has 0 spiro atoms. The molecule has 0 heterocycles. The van der Waals surface area contributed by atoms with Crippen LogP contribution in [0.1, 0.15) is 49.9 Å². The number of ether oxygens (including phenoxy) is 1. The van der Waals surface area contributed by atoms with Gasteiger partial charge in [-0.3, -0.25) is 19.3 Å². The fraction of sp³-hybridized carbons (Fsp3) is 0.290. The van der Waals surface area contributed by atoms with Crippen molar-refractivity contribution in [1.29, 1.82) is 0 Å². The maximum atomic E-state index is 13.8.